The quantitative estimate of drug-likeness (QED) is 0.812. The van der Waals surface area contributed by atoms with Gasteiger partial charge in [0.1, 0.15) is 17.7 Å². The van der Waals surface area contributed by atoms with E-state index in [4.69, 9.17) is 4.74 Å². The molecular weight excluding hydrogens is 352 g/mol. The molecule has 0 aromatic carbocycles. The number of aromatic nitrogens is 2. The van der Waals surface area contributed by atoms with Gasteiger partial charge in [0.05, 0.1) is 11.8 Å². The number of ether oxygens (including phenoxy) is 1. The van der Waals surface area contributed by atoms with Crippen molar-refractivity contribution in [1.82, 2.24) is 14.9 Å². The van der Waals surface area contributed by atoms with Crippen LogP contribution in [0.25, 0.3) is 0 Å². The fourth-order valence-corrected chi connectivity index (χ4v) is 4.09. The molecule has 4 rings (SSSR count). The average Bonchev–Trinajstić information content (AvgIpc) is 2.75. The van der Waals surface area contributed by atoms with Crippen LogP contribution < -0.4 is 9.64 Å². The van der Waals surface area contributed by atoms with Gasteiger partial charge < -0.3 is 14.5 Å². The summed E-state index contributed by atoms with van der Waals surface area (Å²) in [4.78, 5) is 25.8. The fraction of sp³-hybridized carbons (Fsp3) is 0.500. The Balaban J connectivity index is 1.32. The van der Waals surface area contributed by atoms with Crippen LogP contribution >= 0.6 is 0 Å². The van der Waals surface area contributed by atoms with Crippen LogP contribution in [0.4, 0.5) is 5.82 Å². The Morgan fingerprint density at radius 1 is 1.07 bits per heavy atom. The molecule has 1 amide bonds. The van der Waals surface area contributed by atoms with Crippen molar-refractivity contribution in [2.75, 3.05) is 24.5 Å². The molecule has 6 nitrogen and oxygen atoms in total. The third-order valence-electron chi connectivity index (χ3n) is 5.76. The highest BCUT2D eigenvalue weighted by atomic mass is 16.5. The van der Waals surface area contributed by atoms with Gasteiger partial charge in [-0.25, -0.2) is 4.98 Å². The normalized spacial score (nSPS) is 20.8. The molecule has 148 valence electrons. The van der Waals surface area contributed by atoms with E-state index in [0.717, 1.165) is 31.0 Å². The number of nitrogens with zero attached hydrogens (tertiary/aromatic N) is 4. The highest BCUT2D eigenvalue weighted by Crippen LogP contribution is 2.24. The third-order valence-corrected chi connectivity index (χ3v) is 5.76. The first-order valence-corrected chi connectivity index (χ1v) is 10.3. The van der Waals surface area contributed by atoms with E-state index in [1.807, 2.05) is 29.2 Å². The van der Waals surface area contributed by atoms with Crippen molar-refractivity contribution in [3.05, 3.63) is 48.4 Å². The van der Waals surface area contributed by atoms with Gasteiger partial charge in [0.15, 0.2) is 0 Å². The molecule has 1 atom stereocenters. The zero-order chi connectivity index (χ0) is 19.3. The Morgan fingerprint density at radius 3 is 2.61 bits per heavy atom. The Bertz CT molecular complexity index is 773. The molecule has 0 spiro atoms. The lowest BCUT2D eigenvalue weighted by molar-refractivity contribution is 0.0594. The maximum atomic E-state index is 12.8. The number of anilines is 1. The van der Waals surface area contributed by atoms with E-state index in [1.54, 1.807) is 18.6 Å². The molecular formula is C22H28N4O2. The smallest absolute Gasteiger partial charge is 0.255 e. The number of amides is 1. The van der Waals surface area contributed by atoms with Gasteiger partial charge >= 0.3 is 0 Å². The van der Waals surface area contributed by atoms with Gasteiger partial charge in [0, 0.05) is 50.9 Å². The molecule has 28 heavy (non-hydrogen) atoms. The maximum absolute atomic E-state index is 12.8. The topological polar surface area (TPSA) is 58.6 Å². The van der Waals surface area contributed by atoms with Crippen molar-refractivity contribution in [3.8, 4) is 5.75 Å². The molecule has 0 N–H and O–H groups in total. The van der Waals surface area contributed by atoms with Crippen molar-refractivity contribution in [3.63, 3.8) is 0 Å². The lowest BCUT2D eigenvalue weighted by atomic mass is 10.0. The first-order valence-electron chi connectivity index (χ1n) is 10.3. The molecule has 4 heterocycles. The van der Waals surface area contributed by atoms with Gasteiger partial charge in [-0.05, 0) is 50.5 Å². The SMILES string of the molecule is C[C@@H]1CCCCN1c1ccc(C(=O)N2CCC(Oc3cccnc3)CC2)cn1. The highest BCUT2D eigenvalue weighted by Gasteiger charge is 2.25. The van der Waals surface area contributed by atoms with Crippen LogP contribution in [-0.2, 0) is 0 Å². The first-order chi connectivity index (χ1) is 13.7. The van der Waals surface area contributed by atoms with Crippen LogP contribution in [-0.4, -0.2) is 52.6 Å². The second kappa shape index (κ2) is 8.59. The minimum atomic E-state index is 0.0607. The predicted molar refractivity (Wildman–Crippen MR) is 109 cm³/mol. The lowest BCUT2D eigenvalue weighted by Crippen LogP contribution is -2.42. The Morgan fingerprint density at radius 2 is 1.93 bits per heavy atom. The molecule has 2 fully saturated rings. The monoisotopic (exact) mass is 380 g/mol. The predicted octanol–water partition coefficient (Wildman–Crippen LogP) is 3.54. The van der Waals surface area contributed by atoms with Crippen molar-refractivity contribution in [2.45, 2.75) is 51.2 Å². The Labute approximate surface area is 166 Å². The summed E-state index contributed by atoms with van der Waals surface area (Å²) in [6, 6.07) is 8.22. The first kappa shape index (κ1) is 18.7. The molecule has 0 unspecified atom stereocenters. The molecule has 6 heteroatoms. The number of hydrogen-bond donors (Lipinski definition) is 0. The molecule has 2 aromatic heterocycles. The number of pyridine rings is 2. The summed E-state index contributed by atoms with van der Waals surface area (Å²) >= 11 is 0. The molecule has 0 bridgehead atoms. The van der Waals surface area contributed by atoms with Crippen molar-refractivity contribution in [2.24, 2.45) is 0 Å². The van der Waals surface area contributed by atoms with Crippen LogP contribution in [0.5, 0.6) is 5.75 Å². The molecule has 2 aliphatic rings. The van der Waals surface area contributed by atoms with Gasteiger partial charge in [-0.15, -0.1) is 0 Å². The standard InChI is InChI=1S/C22H28N4O2/c1-17-5-2-3-12-26(17)21-8-7-18(15-24-21)22(27)25-13-9-19(10-14-25)28-20-6-4-11-23-16-20/h4,6-8,11,15-17,19H,2-3,5,9-10,12-14H2,1H3/t17-/m1/s1. The van der Waals surface area contributed by atoms with Crippen LogP contribution in [0, 0.1) is 0 Å². The van der Waals surface area contributed by atoms with E-state index in [-0.39, 0.29) is 12.0 Å². The summed E-state index contributed by atoms with van der Waals surface area (Å²) in [5.74, 6) is 1.83. The van der Waals surface area contributed by atoms with Crippen LogP contribution in [0.15, 0.2) is 42.9 Å². The molecule has 0 saturated carbocycles. The number of likely N-dealkylation sites (tertiary alicyclic amines) is 1. The molecule has 0 aliphatic carbocycles. The number of rotatable bonds is 4. The molecule has 0 radical (unpaired) electrons. The minimum absolute atomic E-state index is 0.0607. The second-order valence-electron chi connectivity index (χ2n) is 7.74. The van der Waals surface area contributed by atoms with Gasteiger partial charge in [0.2, 0.25) is 0 Å². The highest BCUT2D eigenvalue weighted by molar-refractivity contribution is 5.94. The molecule has 2 aliphatic heterocycles. The number of carbonyl (C=O) groups excluding carboxylic acids is 1. The number of carbonyl (C=O) groups is 1. The van der Waals surface area contributed by atoms with E-state index in [1.165, 1.54) is 19.3 Å². The summed E-state index contributed by atoms with van der Waals surface area (Å²) in [6.07, 6.45) is 10.7. The second-order valence-corrected chi connectivity index (χ2v) is 7.74. The largest absolute Gasteiger partial charge is 0.489 e. The average molecular weight is 380 g/mol. The summed E-state index contributed by atoms with van der Waals surface area (Å²) in [7, 11) is 0. The van der Waals surface area contributed by atoms with Gasteiger partial charge in [-0.1, -0.05) is 0 Å². The fourth-order valence-electron chi connectivity index (χ4n) is 4.09. The zero-order valence-corrected chi connectivity index (χ0v) is 16.5. The third kappa shape index (κ3) is 4.26. The van der Waals surface area contributed by atoms with Crippen LogP contribution in [0.2, 0.25) is 0 Å². The van der Waals surface area contributed by atoms with Gasteiger partial charge in [0.25, 0.3) is 5.91 Å². The van der Waals surface area contributed by atoms with Gasteiger partial charge in [-0.3, -0.25) is 9.78 Å². The zero-order valence-electron chi connectivity index (χ0n) is 16.5. The minimum Gasteiger partial charge on any atom is -0.489 e. The van der Waals surface area contributed by atoms with E-state index in [9.17, 15) is 4.79 Å². The van der Waals surface area contributed by atoms with Gasteiger partial charge in [-0.2, -0.15) is 0 Å². The molecule has 2 aromatic rings. The molecule has 2 saturated heterocycles. The number of piperidine rings is 2. The van der Waals surface area contributed by atoms with E-state index in [2.05, 4.69) is 21.8 Å². The summed E-state index contributed by atoms with van der Waals surface area (Å²) in [5, 5.41) is 0. The van der Waals surface area contributed by atoms with Crippen LogP contribution in [0.3, 0.4) is 0 Å². The van der Waals surface area contributed by atoms with E-state index < -0.39 is 0 Å². The van der Waals surface area contributed by atoms with E-state index >= 15 is 0 Å². The maximum Gasteiger partial charge on any atom is 0.255 e. The van der Waals surface area contributed by atoms with Crippen molar-refractivity contribution in [1.29, 1.82) is 0 Å². The Kier molecular flexibility index (Phi) is 5.74. The summed E-state index contributed by atoms with van der Waals surface area (Å²) in [5.41, 5.74) is 0.667. The summed E-state index contributed by atoms with van der Waals surface area (Å²) < 4.78 is 5.96. The van der Waals surface area contributed by atoms with Crippen molar-refractivity contribution >= 4 is 11.7 Å². The van der Waals surface area contributed by atoms with E-state index in [0.29, 0.717) is 24.7 Å². The summed E-state index contributed by atoms with van der Waals surface area (Å²) in [6.45, 7) is 4.70. The number of hydrogen-bond acceptors (Lipinski definition) is 5. The lowest BCUT2D eigenvalue weighted by Gasteiger charge is -2.34. The van der Waals surface area contributed by atoms with Crippen molar-refractivity contribution < 1.29 is 9.53 Å². The van der Waals surface area contributed by atoms with Crippen LogP contribution in [0.1, 0.15) is 49.4 Å². The Hall–Kier alpha value is -2.63.